The van der Waals surface area contributed by atoms with Crippen LogP contribution in [-0.2, 0) is 15.7 Å². The highest BCUT2D eigenvalue weighted by Crippen LogP contribution is 2.36. The minimum absolute atomic E-state index is 0.113. The number of ether oxygens (including phenoxy) is 2. The van der Waals surface area contributed by atoms with Crippen molar-refractivity contribution in [3.05, 3.63) is 29.3 Å². The molecule has 2 rings (SSSR count). The molecule has 1 fully saturated rings. The number of benzene rings is 1. The van der Waals surface area contributed by atoms with Crippen LogP contribution in [0.5, 0.6) is 5.75 Å². The quantitative estimate of drug-likeness (QED) is 0.854. The van der Waals surface area contributed by atoms with E-state index in [1.165, 1.54) is 5.56 Å². The van der Waals surface area contributed by atoms with Crippen LogP contribution in [0.4, 0.5) is 0 Å². The van der Waals surface area contributed by atoms with Crippen molar-refractivity contribution in [2.24, 2.45) is 5.73 Å². The summed E-state index contributed by atoms with van der Waals surface area (Å²) < 4.78 is 10.6. The molecule has 0 aliphatic carbocycles. The lowest BCUT2D eigenvalue weighted by Crippen LogP contribution is -2.54. The van der Waals surface area contributed by atoms with Gasteiger partial charge in [0, 0.05) is 5.56 Å². The molecule has 0 bridgehead atoms. The molecular formula is C14H21NO2. The average Bonchev–Trinajstić information content (AvgIpc) is 2.23. The summed E-state index contributed by atoms with van der Waals surface area (Å²) in [6.07, 6.45) is 0. The van der Waals surface area contributed by atoms with Gasteiger partial charge < -0.3 is 15.2 Å². The SMILES string of the molecule is COc1ccc(C(C)(C)C)cc1C1(N)COC1. The predicted octanol–water partition coefficient (Wildman–Crippen LogP) is 2.18. The van der Waals surface area contributed by atoms with Crippen molar-refractivity contribution in [1.82, 2.24) is 0 Å². The Balaban J connectivity index is 2.47. The zero-order valence-electron chi connectivity index (χ0n) is 11.0. The predicted molar refractivity (Wildman–Crippen MR) is 68.4 cm³/mol. The molecule has 1 aliphatic heterocycles. The van der Waals surface area contributed by atoms with E-state index >= 15 is 0 Å². The molecule has 3 nitrogen and oxygen atoms in total. The Kier molecular flexibility index (Phi) is 2.92. The Morgan fingerprint density at radius 1 is 1.29 bits per heavy atom. The summed E-state index contributed by atoms with van der Waals surface area (Å²) in [5.74, 6) is 0.851. The molecular weight excluding hydrogens is 214 g/mol. The van der Waals surface area contributed by atoms with Gasteiger partial charge in [0.2, 0.25) is 0 Å². The van der Waals surface area contributed by atoms with Gasteiger partial charge in [-0.15, -0.1) is 0 Å². The summed E-state index contributed by atoms with van der Waals surface area (Å²) in [6, 6.07) is 6.26. The molecule has 0 unspecified atom stereocenters. The van der Waals surface area contributed by atoms with Gasteiger partial charge in [-0.05, 0) is 23.1 Å². The smallest absolute Gasteiger partial charge is 0.124 e. The van der Waals surface area contributed by atoms with Gasteiger partial charge in [0.15, 0.2) is 0 Å². The largest absolute Gasteiger partial charge is 0.496 e. The van der Waals surface area contributed by atoms with Crippen molar-refractivity contribution in [2.75, 3.05) is 20.3 Å². The summed E-state index contributed by atoms with van der Waals surface area (Å²) in [4.78, 5) is 0. The van der Waals surface area contributed by atoms with E-state index in [0.29, 0.717) is 13.2 Å². The van der Waals surface area contributed by atoms with Gasteiger partial charge in [0.25, 0.3) is 0 Å². The topological polar surface area (TPSA) is 44.5 Å². The van der Waals surface area contributed by atoms with E-state index < -0.39 is 0 Å². The molecule has 1 aromatic rings. The molecule has 3 heteroatoms. The van der Waals surface area contributed by atoms with E-state index in [4.69, 9.17) is 15.2 Å². The van der Waals surface area contributed by atoms with Crippen molar-refractivity contribution >= 4 is 0 Å². The van der Waals surface area contributed by atoms with Crippen LogP contribution in [0.2, 0.25) is 0 Å². The summed E-state index contributed by atoms with van der Waals surface area (Å²) in [5.41, 5.74) is 8.36. The van der Waals surface area contributed by atoms with Crippen LogP contribution < -0.4 is 10.5 Å². The van der Waals surface area contributed by atoms with Gasteiger partial charge in [-0.2, -0.15) is 0 Å². The van der Waals surface area contributed by atoms with E-state index in [2.05, 4.69) is 32.9 Å². The first-order valence-corrected chi connectivity index (χ1v) is 5.92. The van der Waals surface area contributed by atoms with Crippen molar-refractivity contribution in [1.29, 1.82) is 0 Å². The third kappa shape index (κ3) is 2.17. The molecule has 1 aromatic carbocycles. The molecule has 0 radical (unpaired) electrons. The number of nitrogens with two attached hydrogens (primary N) is 1. The van der Waals surface area contributed by atoms with Crippen molar-refractivity contribution in [2.45, 2.75) is 31.7 Å². The Morgan fingerprint density at radius 2 is 1.94 bits per heavy atom. The normalized spacial score (nSPS) is 18.6. The Bertz CT molecular complexity index is 417. The van der Waals surface area contributed by atoms with Crippen LogP contribution in [0.25, 0.3) is 0 Å². The van der Waals surface area contributed by atoms with Crippen LogP contribution in [0.3, 0.4) is 0 Å². The van der Waals surface area contributed by atoms with E-state index in [-0.39, 0.29) is 11.0 Å². The summed E-state index contributed by atoms with van der Waals surface area (Å²) in [7, 11) is 1.68. The lowest BCUT2D eigenvalue weighted by molar-refractivity contribution is -0.0578. The van der Waals surface area contributed by atoms with Gasteiger partial charge in [-0.1, -0.05) is 26.8 Å². The van der Waals surface area contributed by atoms with Crippen LogP contribution in [0, 0.1) is 0 Å². The molecule has 0 saturated carbocycles. The molecule has 2 N–H and O–H groups in total. The number of hydrogen-bond donors (Lipinski definition) is 1. The van der Waals surface area contributed by atoms with Gasteiger partial charge in [0.05, 0.1) is 25.9 Å². The Hall–Kier alpha value is -1.06. The molecule has 17 heavy (non-hydrogen) atoms. The van der Waals surface area contributed by atoms with Gasteiger partial charge in [-0.3, -0.25) is 0 Å². The van der Waals surface area contributed by atoms with Crippen LogP contribution in [0.15, 0.2) is 18.2 Å². The maximum Gasteiger partial charge on any atom is 0.124 e. The van der Waals surface area contributed by atoms with Crippen LogP contribution in [-0.4, -0.2) is 20.3 Å². The third-order valence-corrected chi connectivity index (χ3v) is 3.32. The van der Waals surface area contributed by atoms with E-state index in [0.717, 1.165) is 11.3 Å². The van der Waals surface area contributed by atoms with Crippen molar-refractivity contribution in [3.8, 4) is 5.75 Å². The van der Waals surface area contributed by atoms with Crippen LogP contribution in [0.1, 0.15) is 31.9 Å². The first-order chi connectivity index (χ1) is 7.87. The van der Waals surface area contributed by atoms with Crippen molar-refractivity contribution in [3.63, 3.8) is 0 Å². The first-order valence-electron chi connectivity index (χ1n) is 5.92. The minimum Gasteiger partial charge on any atom is -0.496 e. The molecule has 0 atom stereocenters. The fourth-order valence-electron chi connectivity index (χ4n) is 2.04. The van der Waals surface area contributed by atoms with Gasteiger partial charge >= 0.3 is 0 Å². The van der Waals surface area contributed by atoms with E-state index in [1.54, 1.807) is 7.11 Å². The molecule has 0 aromatic heterocycles. The summed E-state index contributed by atoms with van der Waals surface area (Å²) >= 11 is 0. The monoisotopic (exact) mass is 235 g/mol. The Labute approximate surface area is 103 Å². The lowest BCUT2D eigenvalue weighted by Gasteiger charge is -2.39. The Morgan fingerprint density at radius 3 is 2.35 bits per heavy atom. The second-order valence-corrected chi connectivity index (χ2v) is 5.81. The second kappa shape index (κ2) is 4.00. The fourth-order valence-corrected chi connectivity index (χ4v) is 2.04. The lowest BCUT2D eigenvalue weighted by atomic mass is 9.81. The summed E-state index contributed by atoms with van der Waals surface area (Å²) in [6.45, 7) is 7.71. The van der Waals surface area contributed by atoms with Gasteiger partial charge in [0.1, 0.15) is 5.75 Å². The first kappa shape index (κ1) is 12.4. The highest BCUT2D eigenvalue weighted by Gasteiger charge is 2.39. The number of rotatable bonds is 2. The van der Waals surface area contributed by atoms with Gasteiger partial charge in [-0.25, -0.2) is 0 Å². The molecule has 1 saturated heterocycles. The van der Waals surface area contributed by atoms with E-state index in [1.807, 2.05) is 6.07 Å². The minimum atomic E-state index is -0.382. The summed E-state index contributed by atoms with van der Waals surface area (Å²) in [5, 5.41) is 0. The molecule has 1 heterocycles. The standard InChI is InChI=1S/C14H21NO2/c1-13(2,3)10-5-6-12(16-4)11(7-10)14(15)8-17-9-14/h5-7H,8-9,15H2,1-4H3. The third-order valence-electron chi connectivity index (χ3n) is 3.32. The highest BCUT2D eigenvalue weighted by molar-refractivity contribution is 5.45. The molecule has 94 valence electrons. The van der Waals surface area contributed by atoms with Crippen molar-refractivity contribution < 1.29 is 9.47 Å². The zero-order valence-corrected chi connectivity index (χ0v) is 11.0. The maximum absolute atomic E-state index is 6.31. The number of hydrogen-bond acceptors (Lipinski definition) is 3. The second-order valence-electron chi connectivity index (χ2n) is 5.81. The average molecular weight is 235 g/mol. The molecule has 1 aliphatic rings. The molecule has 0 spiro atoms. The number of methoxy groups -OCH3 is 1. The fraction of sp³-hybridized carbons (Fsp3) is 0.571. The highest BCUT2D eigenvalue weighted by atomic mass is 16.5. The molecule has 0 amide bonds. The zero-order chi connectivity index (χ0) is 12.7. The maximum atomic E-state index is 6.31. The van der Waals surface area contributed by atoms with E-state index in [9.17, 15) is 0 Å². The van der Waals surface area contributed by atoms with Crippen LogP contribution >= 0.6 is 0 Å².